The molecule has 0 amide bonds. The Bertz CT molecular complexity index is 851. The first-order valence-electron chi connectivity index (χ1n) is 7.96. The highest BCUT2D eigenvalue weighted by Gasteiger charge is 2.41. The molecule has 4 rings (SSSR count). The second kappa shape index (κ2) is 5.85. The number of fused-ring (bicyclic) bond motifs is 1. The molecule has 1 fully saturated rings. The van der Waals surface area contributed by atoms with Crippen molar-refractivity contribution in [1.82, 2.24) is 19.5 Å². The van der Waals surface area contributed by atoms with E-state index < -0.39 is 5.60 Å². The first-order chi connectivity index (χ1) is 11.7. The fraction of sp³-hybridized carbons (Fsp3) is 0.353. The van der Waals surface area contributed by atoms with Crippen molar-refractivity contribution in [2.24, 2.45) is 0 Å². The molecule has 0 spiro atoms. The zero-order valence-corrected chi connectivity index (χ0v) is 13.2. The summed E-state index contributed by atoms with van der Waals surface area (Å²) >= 11 is 0. The number of nitrogens with zero attached hydrogens (tertiary/aromatic N) is 4. The van der Waals surface area contributed by atoms with Crippen LogP contribution < -0.4 is 5.73 Å². The number of benzene rings is 1. The summed E-state index contributed by atoms with van der Waals surface area (Å²) in [5, 5.41) is 9.96. The van der Waals surface area contributed by atoms with Crippen molar-refractivity contribution < 1.29 is 9.84 Å². The van der Waals surface area contributed by atoms with Crippen LogP contribution in [0.2, 0.25) is 0 Å². The third-order valence-corrected chi connectivity index (χ3v) is 4.59. The van der Waals surface area contributed by atoms with E-state index in [0.29, 0.717) is 23.4 Å². The Balaban J connectivity index is 1.61. The van der Waals surface area contributed by atoms with Gasteiger partial charge in [-0.05, 0) is 18.4 Å². The van der Waals surface area contributed by atoms with Crippen LogP contribution in [0.3, 0.4) is 0 Å². The van der Waals surface area contributed by atoms with Gasteiger partial charge in [-0.3, -0.25) is 4.57 Å². The molecule has 1 aliphatic heterocycles. The van der Waals surface area contributed by atoms with Crippen molar-refractivity contribution in [2.45, 2.75) is 31.1 Å². The Morgan fingerprint density at radius 1 is 1.25 bits per heavy atom. The van der Waals surface area contributed by atoms with Gasteiger partial charge in [-0.2, -0.15) is 0 Å². The summed E-state index contributed by atoms with van der Waals surface area (Å²) in [6.45, 7) is -0.0256. The number of imidazole rings is 1. The smallest absolute Gasteiger partial charge is 0.167 e. The molecule has 124 valence electrons. The lowest BCUT2D eigenvalue weighted by Crippen LogP contribution is -2.35. The average molecular weight is 325 g/mol. The lowest BCUT2D eigenvalue weighted by molar-refractivity contribution is -0.0962. The highest BCUT2D eigenvalue weighted by Crippen LogP contribution is 2.39. The zero-order valence-electron chi connectivity index (χ0n) is 13.2. The Labute approximate surface area is 139 Å². The molecule has 2 atom stereocenters. The molecule has 7 heteroatoms. The average Bonchev–Trinajstić information content (AvgIpc) is 3.21. The molecule has 3 aromatic rings. The molecule has 24 heavy (non-hydrogen) atoms. The number of aliphatic hydroxyl groups excluding tert-OH is 1. The number of anilines is 1. The minimum atomic E-state index is -0.582. The molecular weight excluding hydrogens is 306 g/mol. The molecule has 3 N–H and O–H groups in total. The topological polar surface area (TPSA) is 99.1 Å². The van der Waals surface area contributed by atoms with Gasteiger partial charge in [0.05, 0.1) is 18.5 Å². The van der Waals surface area contributed by atoms with Crippen LogP contribution >= 0.6 is 0 Å². The molecule has 7 nitrogen and oxygen atoms in total. The lowest BCUT2D eigenvalue weighted by atomic mass is 9.92. The normalized spacial score (nSPS) is 23.8. The molecule has 1 saturated heterocycles. The highest BCUT2D eigenvalue weighted by atomic mass is 16.5. The maximum Gasteiger partial charge on any atom is 0.167 e. The fourth-order valence-electron chi connectivity index (χ4n) is 3.34. The first kappa shape index (κ1) is 15.0. The molecule has 1 aliphatic rings. The van der Waals surface area contributed by atoms with Crippen LogP contribution in [0.4, 0.5) is 5.82 Å². The van der Waals surface area contributed by atoms with E-state index >= 15 is 0 Å². The second-order valence-electron chi connectivity index (χ2n) is 6.20. The van der Waals surface area contributed by atoms with Gasteiger partial charge in [-0.15, -0.1) is 0 Å². The van der Waals surface area contributed by atoms with Crippen molar-refractivity contribution in [2.75, 3.05) is 12.3 Å². The number of hydrogen-bond acceptors (Lipinski definition) is 6. The van der Waals surface area contributed by atoms with Crippen molar-refractivity contribution >= 4 is 17.0 Å². The van der Waals surface area contributed by atoms with Crippen molar-refractivity contribution in [3.8, 4) is 0 Å². The van der Waals surface area contributed by atoms with E-state index in [9.17, 15) is 5.11 Å². The lowest BCUT2D eigenvalue weighted by Gasteiger charge is -2.27. The van der Waals surface area contributed by atoms with Gasteiger partial charge >= 0.3 is 0 Å². The molecule has 0 radical (unpaired) electrons. The highest BCUT2D eigenvalue weighted by molar-refractivity contribution is 5.81. The van der Waals surface area contributed by atoms with Gasteiger partial charge in [0, 0.05) is 6.42 Å². The number of rotatable bonds is 4. The third-order valence-electron chi connectivity index (χ3n) is 4.59. The maximum absolute atomic E-state index is 9.96. The van der Waals surface area contributed by atoms with Gasteiger partial charge in [-0.25, -0.2) is 15.0 Å². The predicted octanol–water partition coefficient (Wildman–Crippen LogP) is 1.69. The van der Waals surface area contributed by atoms with Gasteiger partial charge < -0.3 is 15.6 Å². The van der Waals surface area contributed by atoms with E-state index in [0.717, 1.165) is 18.4 Å². The van der Waals surface area contributed by atoms with E-state index in [2.05, 4.69) is 27.1 Å². The van der Waals surface area contributed by atoms with Gasteiger partial charge in [0.15, 0.2) is 11.5 Å². The second-order valence-corrected chi connectivity index (χ2v) is 6.20. The largest absolute Gasteiger partial charge is 0.393 e. The van der Waals surface area contributed by atoms with Crippen LogP contribution in [-0.4, -0.2) is 36.8 Å². The molecule has 3 heterocycles. The SMILES string of the molecule is Nc1ncnc2c1ncn2[C@H]1CC[C@@](CO)(Cc2ccccc2)O1. The summed E-state index contributed by atoms with van der Waals surface area (Å²) in [4.78, 5) is 12.5. The van der Waals surface area contributed by atoms with Gasteiger partial charge in [0.25, 0.3) is 0 Å². The van der Waals surface area contributed by atoms with Crippen molar-refractivity contribution in [3.05, 3.63) is 48.5 Å². The first-order valence-corrected chi connectivity index (χ1v) is 7.96. The Hall–Kier alpha value is -2.51. The molecule has 1 aromatic carbocycles. The Morgan fingerprint density at radius 3 is 2.88 bits per heavy atom. The monoisotopic (exact) mass is 325 g/mol. The maximum atomic E-state index is 9.96. The number of aromatic nitrogens is 4. The molecule has 0 bridgehead atoms. The van der Waals surface area contributed by atoms with Crippen molar-refractivity contribution in [1.29, 1.82) is 0 Å². The summed E-state index contributed by atoms with van der Waals surface area (Å²) < 4.78 is 8.14. The zero-order chi connectivity index (χ0) is 16.6. The number of ether oxygens (including phenoxy) is 1. The van der Waals surface area contributed by atoms with E-state index in [1.54, 1.807) is 6.33 Å². The van der Waals surface area contributed by atoms with Crippen LogP contribution in [0.15, 0.2) is 43.0 Å². The minimum Gasteiger partial charge on any atom is -0.393 e. The van der Waals surface area contributed by atoms with Crippen LogP contribution in [0.1, 0.15) is 24.6 Å². The number of hydrogen-bond donors (Lipinski definition) is 2. The molecule has 2 aromatic heterocycles. The minimum absolute atomic E-state index is 0.0256. The standard InChI is InChI=1S/C17H19N5O2/c18-15-14-16(20-10-19-15)22(11-21-14)13-6-7-17(9-23,24-13)8-12-4-2-1-3-5-12/h1-5,10-11,13,23H,6-9H2,(H2,18,19,20)/t13-,17+/m1/s1. The third kappa shape index (κ3) is 2.51. The summed E-state index contributed by atoms with van der Waals surface area (Å²) in [6, 6.07) is 10.1. The molecule has 0 aliphatic carbocycles. The molecular formula is C17H19N5O2. The van der Waals surface area contributed by atoms with Gasteiger partial charge in [0.1, 0.15) is 18.1 Å². The summed E-state index contributed by atoms with van der Waals surface area (Å²) in [6.07, 6.45) is 5.10. The van der Waals surface area contributed by atoms with Gasteiger partial charge in [-0.1, -0.05) is 30.3 Å². The van der Waals surface area contributed by atoms with Crippen LogP contribution in [0.25, 0.3) is 11.2 Å². The Morgan fingerprint density at radius 2 is 2.08 bits per heavy atom. The van der Waals surface area contributed by atoms with Gasteiger partial charge in [0.2, 0.25) is 0 Å². The van der Waals surface area contributed by atoms with E-state index in [-0.39, 0.29) is 12.8 Å². The quantitative estimate of drug-likeness (QED) is 0.757. The summed E-state index contributed by atoms with van der Waals surface area (Å²) in [7, 11) is 0. The van der Waals surface area contributed by atoms with E-state index in [4.69, 9.17) is 10.5 Å². The molecule has 0 saturated carbocycles. The van der Waals surface area contributed by atoms with Crippen LogP contribution in [-0.2, 0) is 11.2 Å². The number of aliphatic hydroxyl groups is 1. The Kier molecular flexibility index (Phi) is 3.66. The predicted molar refractivity (Wildman–Crippen MR) is 89.1 cm³/mol. The molecule has 0 unspecified atom stereocenters. The van der Waals surface area contributed by atoms with E-state index in [1.807, 2.05) is 22.8 Å². The summed E-state index contributed by atoms with van der Waals surface area (Å²) in [5.74, 6) is 0.356. The summed E-state index contributed by atoms with van der Waals surface area (Å²) in [5.41, 5.74) is 7.64. The fourth-order valence-corrected chi connectivity index (χ4v) is 3.34. The van der Waals surface area contributed by atoms with E-state index in [1.165, 1.54) is 6.33 Å². The van der Waals surface area contributed by atoms with Crippen LogP contribution in [0, 0.1) is 0 Å². The van der Waals surface area contributed by atoms with Crippen LogP contribution in [0.5, 0.6) is 0 Å². The number of nitrogens with two attached hydrogens (primary N) is 1. The van der Waals surface area contributed by atoms with Crippen molar-refractivity contribution in [3.63, 3.8) is 0 Å². The number of nitrogen functional groups attached to an aromatic ring is 1.